The first-order chi connectivity index (χ1) is 10.9. The van der Waals surface area contributed by atoms with Gasteiger partial charge in [0.25, 0.3) is 0 Å². The maximum Gasteiger partial charge on any atom is 0.340 e. The van der Waals surface area contributed by atoms with Crippen LogP contribution in [0.25, 0.3) is 0 Å². The molecule has 2 aromatic rings. The number of esters is 1. The zero-order valence-corrected chi connectivity index (χ0v) is 14.4. The van der Waals surface area contributed by atoms with Crippen molar-refractivity contribution >= 4 is 27.4 Å². The molecule has 0 aromatic heterocycles. The second kappa shape index (κ2) is 7.15. The summed E-state index contributed by atoms with van der Waals surface area (Å²) < 4.78 is 29.6. The van der Waals surface area contributed by atoms with Gasteiger partial charge in [-0.05, 0) is 25.1 Å². The summed E-state index contributed by atoms with van der Waals surface area (Å²) in [6.07, 6.45) is -0.589. The van der Waals surface area contributed by atoms with Crippen molar-refractivity contribution in [3.05, 3.63) is 64.7 Å². The Balaban J connectivity index is 2.31. The van der Waals surface area contributed by atoms with Crippen LogP contribution in [0.4, 0.5) is 0 Å². The SMILES string of the molecule is CCS(=O)(=O)c1ccccc1C(=O)O[C@@H](C)c1ccccc1Cl. The number of hydrogen-bond acceptors (Lipinski definition) is 4. The van der Waals surface area contributed by atoms with Gasteiger partial charge in [0.2, 0.25) is 0 Å². The van der Waals surface area contributed by atoms with E-state index in [-0.39, 0.29) is 16.2 Å². The van der Waals surface area contributed by atoms with Crippen molar-refractivity contribution in [2.24, 2.45) is 0 Å². The highest BCUT2D eigenvalue weighted by atomic mass is 35.5. The van der Waals surface area contributed by atoms with Gasteiger partial charge in [0.1, 0.15) is 6.10 Å². The smallest absolute Gasteiger partial charge is 0.340 e. The van der Waals surface area contributed by atoms with Crippen LogP contribution in [-0.2, 0) is 14.6 Å². The van der Waals surface area contributed by atoms with Gasteiger partial charge in [-0.3, -0.25) is 0 Å². The summed E-state index contributed by atoms with van der Waals surface area (Å²) in [6.45, 7) is 3.22. The molecule has 0 radical (unpaired) electrons. The van der Waals surface area contributed by atoms with E-state index in [4.69, 9.17) is 16.3 Å². The maximum absolute atomic E-state index is 12.4. The Morgan fingerprint density at radius 2 is 1.74 bits per heavy atom. The first-order valence-corrected chi connectivity index (χ1v) is 9.17. The molecule has 6 heteroatoms. The Labute approximate surface area is 141 Å². The molecule has 2 rings (SSSR count). The van der Waals surface area contributed by atoms with Crippen LogP contribution in [0.5, 0.6) is 0 Å². The van der Waals surface area contributed by atoms with Crippen LogP contribution in [0, 0.1) is 0 Å². The van der Waals surface area contributed by atoms with Crippen molar-refractivity contribution in [3.63, 3.8) is 0 Å². The van der Waals surface area contributed by atoms with Gasteiger partial charge in [-0.15, -0.1) is 0 Å². The number of rotatable bonds is 5. The molecule has 0 unspecified atom stereocenters. The molecule has 0 saturated heterocycles. The van der Waals surface area contributed by atoms with Crippen LogP contribution in [0.15, 0.2) is 53.4 Å². The number of sulfone groups is 1. The lowest BCUT2D eigenvalue weighted by Crippen LogP contribution is -2.15. The summed E-state index contributed by atoms with van der Waals surface area (Å²) in [5.74, 6) is -0.776. The molecule has 2 aromatic carbocycles. The fraction of sp³-hybridized carbons (Fsp3) is 0.235. The van der Waals surface area contributed by atoms with Crippen LogP contribution < -0.4 is 0 Å². The van der Waals surface area contributed by atoms with Gasteiger partial charge in [-0.25, -0.2) is 13.2 Å². The van der Waals surface area contributed by atoms with Crippen LogP contribution in [0.2, 0.25) is 5.02 Å². The van der Waals surface area contributed by atoms with Crippen molar-refractivity contribution in [1.29, 1.82) is 0 Å². The van der Waals surface area contributed by atoms with E-state index in [0.717, 1.165) is 0 Å². The van der Waals surface area contributed by atoms with Gasteiger partial charge in [0.15, 0.2) is 9.84 Å². The van der Waals surface area contributed by atoms with Gasteiger partial charge >= 0.3 is 5.97 Å². The molecular weight excluding hydrogens is 336 g/mol. The number of carbonyl (C=O) groups is 1. The number of benzene rings is 2. The second-order valence-electron chi connectivity index (χ2n) is 4.97. The van der Waals surface area contributed by atoms with E-state index in [1.165, 1.54) is 19.1 Å². The van der Waals surface area contributed by atoms with Gasteiger partial charge in [0.05, 0.1) is 16.2 Å². The molecule has 0 aliphatic heterocycles. The molecule has 0 heterocycles. The zero-order chi connectivity index (χ0) is 17.0. The molecule has 1 atom stereocenters. The molecule has 0 aliphatic carbocycles. The largest absolute Gasteiger partial charge is 0.454 e. The lowest BCUT2D eigenvalue weighted by Gasteiger charge is -2.16. The van der Waals surface area contributed by atoms with Crippen LogP contribution >= 0.6 is 11.6 Å². The fourth-order valence-corrected chi connectivity index (χ4v) is 3.53. The van der Waals surface area contributed by atoms with Crippen molar-refractivity contribution in [3.8, 4) is 0 Å². The molecular formula is C17H17ClO4S. The molecule has 122 valence electrons. The first-order valence-electron chi connectivity index (χ1n) is 7.14. The standard InChI is InChI=1S/C17H17ClO4S/c1-3-23(20,21)16-11-7-5-9-14(16)17(19)22-12(2)13-8-4-6-10-15(13)18/h4-12H,3H2,1-2H3/t12-/m0/s1. The van der Waals surface area contributed by atoms with E-state index >= 15 is 0 Å². The van der Waals surface area contributed by atoms with Crippen LogP contribution in [0.1, 0.15) is 35.9 Å². The summed E-state index contributed by atoms with van der Waals surface area (Å²) in [4.78, 5) is 12.4. The normalized spacial score (nSPS) is 12.7. The maximum atomic E-state index is 12.4. The van der Waals surface area contributed by atoms with E-state index in [1.54, 1.807) is 43.3 Å². The van der Waals surface area contributed by atoms with Crippen molar-refractivity contribution < 1.29 is 17.9 Å². The summed E-state index contributed by atoms with van der Waals surface area (Å²) in [5.41, 5.74) is 0.701. The van der Waals surface area contributed by atoms with E-state index in [2.05, 4.69) is 0 Å². The van der Waals surface area contributed by atoms with Gasteiger partial charge in [0, 0.05) is 10.6 Å². The summed E-state index contributed by atoms with van der Waals surface area (Å²) >= 11 is 6.09. The topological polar surface area (TPSA) is 60.4 Å². The third-order valence-electron chi connectivity index (χ3n) is 3.45. The highest BCUT2D eigenvalue weighted by Crippen LogP contribution is 2.27. The second-order valence-corrected chi connectivity index (χ2v) is 7.62. The van der Waals surface area contributed by atoms with Crippen LogP contribution in [-0.4, -0.2) is 20.1 Å². The van der Waals surface area contributed by atoms with Crippen LogP contribution in [0.3, 0.4) is 0 Å². The van der Waals surface area contributed by atoms with Crippen molar-refractivity contribution in [1.82, 2.24) is 0 Å². The summed E-state index contributed by atoms with van der Waals surface area (Å²) in [5, 5.41) is 0.488. The monoisotopic (exact) mass is 352 g/mol. The number of halogens is 1. The van der Waals surface area contributed by atoms with Crippen molar-refractivity contribution in [2.45, 2.75) is 24.8 Å². The number of hydrogen-bond donors (Lipinski definition) is 0. The lowest BCUT2D eigenvalue weighted by atomic mass is 10.1. The Morgan fingerprint density at radius 1 is 1.13 bits per heavy atom. The van der Waals surface area contributed by atoms with Gasteiger partial charge < -0.3 is 4.74 Å². The molecule has 0 fully saturated rings. The molecule has 0 aliphatic rings. The molecule has 0 saturated carbocycles. The minimum atomic E-state index is -3.51. The highest BCUT2D eigenvalue weighted by Gasteiger charge is 2.23. The van der Waals surface area contributed by atoms with E-state index in [0.29, 0.717) is 10.6 Å². The Hall–Kier alpha value is -1.85. The lowest BCUT2D eigenvalue weighted by molar-refractivity contribution is 0.0333. The third kappa shape index (κ3) is 3.92. The molecule has 0 N–H and O–H groups in total. The molecule has 0 spiro atoms. The number of ether oxygens (including phenoxy) is 1. The van der Waals surface area contributed by atoms with E-state index < -0.39 is 21.9 Å². The third-order valence-corrected chi connectivity index (χ3v) is 5.58. The average Bonchev–Trinajstić information content (AvgIpc) is 2.55. The Bertz CT molecular complexity index is 815. The van der Waals surface area contributed by atoms with Crippen molar-refractivity contribution in [2.75, 3.05) is 5.75 Å². The minimum absolute atomic E-state index is 0.0149. The first kappa shape index (κ1) is 17.5. The van der Waals surface area contributed by atoms with E-state index in [9.17, 15) is 13.2 Å². The zero-order valence-electron chi connectivity index (χ0n) is 12.8. The molecule has 0 bridgehead atoms. The highest BCUT2D eigenvalue weighted by molar-refractivity contribution is 7.91. The molecule has 4 nitrogen and oxygen atoms in total. The van der Waals surface area contributed by atoms with Gasteiger partial charge in [-0.2, -0.15) is 0 Å². The minimum Gasteiger partial charge on any atom is -0.454 e. The van der Waals surface area contributed by atoms with E-state index in [1.807, 2.05) is 0 Å². The number of carbonyl (C=O) groups excluding carboxylic acids is 1. The quantitative estimate of drug-likeness (QED) is 0.761. The summed E-state index contributed by atoms with van der Waals surface area (Å²) in [6, 6.07) is 13.1. The predicted octanol–water partition coefficient (Wildman–Crippen LogP) is 4.05. The summed E-state index contributed by atoms with van der Waals surface area (Å²) in [7, 11) is -3.51. The Morgan fingerprint density at radius 3 is 2.39 bits per heavy atom. The molecule has 23 heavy (non-hydrogen) atoms. The van der Waals surface area contributed by atoms with Gasteiger partial charge in [-0.1, -0.05) is 48.9 Å². The average molecular weight is 353 g/mol. The Kier molecular flexibility index (Phi) is 5.44. The fourth-order valence-electron chi connectivity index (χ4n) is 2.15. The molecule has 0 amide bonds. The predicted molar refractivity (Wildman–Crippen MR) is 89.5 cm³/mol.